The van der Waals surface area contributed by atoms with Gasteiger partial charge < -0.3 is 20.4 Å². The third-order valence-corrected chi connectivity index (χ3v) is 0. The second-order valence-electron chi connectivity index (χ2n) is 0.513. The van der Waals surface area contributed by atoms with E-state index < -0.39 is 7.82 Å². The summed E-state index contributed by atoms with van der Waals surface area (Å²) in [6.07, 6.45) is 0. The fraction of sp³-hybridized carbons (Fsp3) is 0. The monoisotopic (exact) mass is 198 g/mol. The van der Waals surface area contributed by atoms with Gasteiger partial charge in [0.1, 0.15) is 0 Å². The van der Waals surface area contributed by atoms with Crippen LogP contribution in [0.15, 0.2) is 0 Å². The van der Waals surface area contributed by atoms with E-state index in [1.807, 2.05) is 0 Å². The van der Waals surface area contributed by atoms with Crippen LogP contribution < -0.4 is 0 Å². The molecule has 0 saturated carbocycles. The van der Waals surface area contributed by atoms with Crippen LogP contribution in [-0.4, -0.2) is 86.4 Å². The van der Waals surface area contributed by atoms with E-state index >= 15 is 0 Å². The van der Waals surface area contributed by atoms with Gasteiger partial charge in [-0.25, -0.2) is 4.57 Å². The Morgan fingerprint density at radius 2 is 1.25 bits per heavy atom. The molecule has 0 unspecified atom stereocenters. The molecule has 0 aromatic rings. The Labute approximate surface area is 103 Å². The first-order chi connectivity index (χ1) is 2.00. The summed E-state index contributed by atoms with van der Waals surface area (Å²) < 4.78 is 8.88. The van der Waals surface area contributed by atoms with Crippen molar-refractivity contribution in [2.75, 3.05) is 0 Å². The van der Waals surface area contributed by atoms with Gasteiger partial charge in [0.2, 0.25) is 0 Å². The van der Waals surface area contributed by atoms with Gasteiger partial charge in [-0.05, 0) is 11.0 Å². The van der Waals surface area contributed by atoms with E-state index in [4.69, 9.17) is 19.2 Å². The molecule has 0 amide bonds. The second-order valence-corrected chi connectivity index (χ2v) is 1.54. The predicted molar refractivity (Wildman–Crippen MR) is 41.6 cm³/mol. The molecule has 0 aliphatic carbocycles. The third kappa shape index (κ3) is 81.6. The quantitative estimate of drug-likeness (QED) is 0.293. The number of rotatable bonds is 0. The third-order valence-electron chi connectivity index (χ3n) is 0. The molecule has 0 rings (SSSR count). The van der Waals surface area contributed by atoms with Crippen LogP contribution in [0.4, 0.5) is 0 Å². The average molecular weight is 199 g/mol. The summed E-state index contributed by atoms with van der Waals surface area (Å²) in [6, 6.07) is 0. The number of phosphoric acid groups is 1. The SMILES string of the molecule is O=P(O)(O)O.[Ca+2].[H-].[H-].[H-].[H-].[Mg+2].[SiH4]. The fourth-order valence-electron chi connectivity index (χ4n) is 0. The zero-order valence-corrected chi connectivity index (χ0v) is 8.13. The number of hydrogen-bond donors (Lipinski definition) is 3. The maximum Gasteiger partial charge on any atom is 2.00 e. The summed E-state index contributed by atoms with van der Waals surface area (Å²) in [6.45, 7) is 0. The molecule has 0 bridgehead atoms. The second kappa shape index (κ2) is 9.35. The standard InChI is InChI=1S/Ca.Mg.H3O4P.H4Si.4H/c;;1-5(2,3)4;;;;;/h;;(H3,1,2,3,4);1H4;;;;/q2*+2;;;4*-1. The zero-order chi connectivity index (χ0) is 4.50. The Morgan fingerprint density at radius 1 is 1.25 bits per heavy atom. The summed E-state index contributed by atoms with van der Waals surface area (Å²) in [7, 11) is -4.64. The van der Waals surface area contributed by atoms with Crippen molar-refractivity contribution in [1.29, 1.82) is 0 Å². The molecule has 0 heterocycles. The molecule has 0 aliphatic heterocycles. The molecule has 0 aliphatic rings. The van der Waals surface area contributed by atoms with Gasteiger partial charge in [-0.3, -0.25) is 0 Å². The summed E-state index contributed by atoms with van der Waals surface area (Å²) in [5, 5.41) is 0. The van der Waals surface area contributed by atoms with E-state index in [0.29, 0.717) is 0 Å². The molecule has 8 heteroatoms. The van der Waals surface area contributed by atoms with Crippen LogP contribution in [0.2, 0.25) is 0 Å². The smallest absolute Gasteiger partial charge is 1.00 e. The molecule has 0 atom stereocenters. The van der Waals surface area contributed by atoms with Crippen LogP contribution in [0.3, 0.4) is 0 Å². The Kier molecular flexibility index (Phi) is 26.2. The summed E-state index contributed by atoms with van der Waals surface area (Å²) in [4.78, 5) is 21.6. The minimum Gasteiger partial charge on any atom is -1.00 e. The minimum absolute atomic E-state index is 0. The first-order valence-electron chi connectivity index (χ1n) is 0.783. The van der Waals surface area contributed by atoms with Crippen molar-refractivity contribution in [3.63, 3.8) is 0 Å². The molecule has 0 spiro atoms. The normalized spacial score (nSPS) is 7.38. The Morgan fingerprint density at radius 3 is 1.25 bits per heavy atom. The van der Waals surface area contributed by atoms with Crippen LogP contribution in [0.25, 0.3) is 0 Å². The molecule has 48 valence electrons. The summed E-state index contributed by atoms with van der Waals surface area (Å²) >= 11 is 0. The van der Waals surface area contributed by atoms with E-state index in [1.165, 1.54) is 0 Å². The average Bonchev–Trinajstić information content (AvgIpc) is 0.722. The molecule has 0 radical (unpaired) electrons. The Hall–Kier alpha value is 2.35. The van der Waals surface area contributed by atoms with Crippen molar-refractivity contribution < 1.29 is 25.0 Å². The predicted octanol–water partition coefficient (Wildman–Crippen LogP) is -2.69. The molecule has 0 aromatic carbocycles. The van der Waals surface area contributed by atoms with E-state index in [2.05, 4.69) is 0 Å². The van der Waals surface area contributed by atoms with Gasteiger partial charge in [0.25, 0.3) is 0 Å². The van der Waals surface area contributed by atoms with Crippen LogP contribution in [0, 0.1) is 0 Å². The van der Waals surface area contributed by atoms with Crippen molar-refractivity contribution in [1.82, 2.24) is 0 Å². The largest absolute Gasteiger partial charge is 2.00 e. The molecule has 3 N–H and O–H groups in total. The van der Waals surface area contributed by atoms with Gasteiger partial charge in [0.05, 0.1) is 0 Å². The Bertz CT molecular complexity index is 73.2. The van der Waals surface area contributed by atoms with Gasteiger partial charge in [-0.2, -0.15) is 0 Å². The maximum absolute atomic E-state index is 8.88. The van der Waals surface area contributed by atoms with Crippen LogP contribution in [0.5, 0.6) is 0 Å². The maximum atomic E-state index is 8.88. The first-order valence-corrected chi connectivity index (χ1v) is 2.35. The fourth-order valence-corrected chi connectivity index (χ4v) is 0. The van der Waals surface area contributed by atoms with Crippen molar-refractivity contribution in [3.05, 3.63) is 0 Å². The topological polar surface area (TPSA) is 77.8 Å². The van der Waals surface area contributed by atoms with Crippen LogP contribution in [0.1, 0.15) is 5.71 Å². The van der Waals surface area contributed by atoms with Gasteiger partial charge in [-0.15, -0.1) is 0 Å². The first kappa shape index (κ1) is 22.4. The molecule has 0 aromatic heterocycles. The summed E-state index contributed by atoms with van der Waals surface area (Å²) in [5.41, 5.74) is 0. The van der Waals surface area contributed by atoms with Gasteiger partial charge in [0, 0.05) is 0 Å². The number of hydrogen-bond acceptors (Lipinski definition) is 1. The molecular weight excluding hydrogens is 187 g/mol. The molecule has 0 fully saturated rings. The van der Waals surface area contributed by atoms with Crippen molar-refractivity contribution >= 4 is 79.6 Å². The Balaban J connectivity index is -0.00000000381. The molecule has 4 nitrogen and oxygen atoms in total. The molecular formula is H11CaMgO4PSi. The van der Waals surface area contributed by atoms with Crippen LogP contribution in [-0.2, 0) is 4.57 Å². The van der Waals surface area contributed by atoms with Crippen molar-refractivity contribution in [2.45, 2.75) is 0 Å². The van der Waals surface area contributed by atoms with Gasteiger partial charge >= 0.3 is 68.6 Å². The van der Waals surface area contributed by atoms with E-state index in [9.17, 15) is 0 Å². The van der Waals surface area contributed by atoms with Crippen molar-refractivity contribution in [2.24, 2.45) is 0 Å². The zero-order valence-electron chi connectivity index (χ0n) is 7.61. The van der Waals surface area contributed by atoms with E-state index in [0.717, 1.165) is 0 Å². The van der Waals surface area contributed by atoms with Crippen molar-refractivity contribution in [3.8, 4) is 0 Å². The van der Waals surface area contributed by atoms with E-state index in [1.54, 1.807) is 0 Å². The molecule has 8 heavy (non-hydrogen) atoms. The van der Waals surface area contributed by atoms with E-state index in [-0.39, 0.29) is 77.5 Å². The van der Waals surface area contributed by atoms with Gasteiger partial charge in [-0.1, -0.05) is 0 Å². The summed E-state index contributed by atoms with van der Waals surface area (Å²) in [5.74, 6) is 0. The minimum atomic E-state index is -4.64. The molecule has 0 saturated heterocycles. The van der Waals surface area contributed by atoms with Crippen LogP contribution >= 0.6 is 7.82 Å². The van der Waals surface area contributed by atoms with Gasteiger partial charge in [0.15, 0.2) is 0 Å².